The second kappa shape index (κ2) is 7.41. The zero-order valence-electron chi connectivity index (χ0n) is 14.1. The van der Waals surface area contributed by atoms with Crippen LogP contribution in [0, 0.1) is 6.92 Å². The first-order valence-electron chi connectivity index (χ1n) is 7.96. The van der Waals surface area contributed by atoms with Gasteiger partial charge in [0, 0.05) is 11.3 Å². The highest BCUT2D eigenvalue weighted by Crippen LogP contribution is 2.21. The summed E-state index contributed by atoms with van der Waals surface area (Å²) in [5, 5.41) is 14.5. The number of amidine groups is 1. The molecule has 6 heteroatoms. The summed E-state index contributed by atoms with van der Waals surface area (Å²) >= 11 is 0. The quantitative estimate of drug-likeness (QED) is 0.568. The number of anilines is 1. The largest absolute Gasteiger partial charge is 0.872 e. The van der Waals surface area contributed by atoms with Gasteiger partial charge in [0.25, 0.3) is 10.0 Å². The topological polar surface area (TPSA) is 81.6 Å². The molecular weight excluding hydrogens is 348 g/mol. The van der Waals surface area contributed by atoms with Crippen LogP contribution in [-0.4, -0.2) is 14.3 Å². The minimum absolute atomic E-state index is 0.108. The van der Waals surface area contributed by atoms with Gasteiger partial charge >= 0.3 is 0 Å². The van der Waals surface area contributed by atoms with Gasteiger partial charge in [0.2, 0.25) is 0 Å². The van der Waals surface area contributed by atoms with Crippen molar-refractivity contribution in [3.05, 3.63) is 90.0 Å². The summed E-state index contributed by atoms with van der Waals surface area (Å²) in [6, 6.07) is 21.5. The lowest BCUT2D eigenvalue weighted by atomic mass is 10.1. The Labute approximate surface area is 152 Å². The number of aryl methyl sites for hydroxylation is 1. The van der Waals surface area contributed by atoms with Gasteiger partial charge in [0.15, 0.2) is 5.84 Å². The maximum atomic E-state index is 12.7. The molecule has 0 fully saturated rings. The molecule has 0 aliphatic rings. The average molecular weight is 365 g/mol. The van der Waals surface area contributed by atoms with Gasteiger partial charge in [-0.3, -0.25) is 0 Å². The first-order valence-corrected chi connectivity index (χ1v) is 9.40. The Bertz CT molecular complexity index is 1030. The highest BCUT2D eigenvalue weighted by Gasteiger charge is 2.15. The predicted octanol–water partition coefficient (Wildman–Crippen LogP) is 3.32. The van der Waals surface area contributed by atoms with E-state index in [1.165, 1.54) is 24.3 Å². The van der Waals surface area contributed by atoms with E-state index in [9.17, 15) is 13.5 Å². The van der Waals surface area contributed by atoms with Crippen LogP contribution < -0.4 is 10.4 Å². The van der Waals surface area contributed by atoms with Gasteiger partial charge < -0.3 is 10.4 Å². The molecule has 0 aliphatic heterocycles. The molecule has 1 N–H and O–H groups in total. The Kier molecular flexibility index (Phi) is 5.04. The smallest absolute Gasteiger partial charge is 0.284 e. The molecular formula is C20H17N2O3S-. The lowest BCUT2D eigenvalue weighted by Crippen LogP contribution is -2.17. The zero-order chi connectivity index (χ0) is 18.6. The van der Waals surface area contributed by atoms with Crippen molar-refractivity contribution in [1.29, 1.82) is 0 Å². The molecule has 0 bridgehead atoms. The average Bonchev–Trinajstić information content (AvgIpc) is 2.64. The Morgan fingerprint density at radius 3 is 2.15 bits per heavy atom. The molecule has 0 saturated carbocycles. The summed E-state index contributed by atoms with van der Waals surface area (Å²) in [5.41, 5.74) is 1.95. The van der Waals surface area contributed by atoms with E-state index >= 15 is 0 Å². The highest BCUT2D eigenvalue weighted by molar-refractivity contribution is 7.90. The van der Waals surface area contributed by atoms with E-state index in [0.717, 1.165) is 0 Å². The van der Waals surface area contributed by atoms with E-state index in [1.54, 1.807) is 55.5 Å². The number of hydrogen-bond acceptors (Lipinski definition) is 3. The monoisotopic (exact) mass is 365 g/mol. The lowest BCUT2D eigenvalue weighted by Gasteiger charge is -2.15. The van der Waals surface area contributed by atoms with Crippen molar-refractivity contribution in [2.45, 2.75) is 11.8 Å². The Morgan fingerprint density at radius 2 is 1.54 bits per heavy atom. The van der Waals surface area contributed by atoms with Crippen LogP contribution in [0.15, 0.2) is 88.2 Å². The van der Waals surface area contributed by atoms with Crippen molar-refractivity contribution in [2.24, 2.45) is 4.40 Å². The van der Waals surface area contributed by atoms with Crippen LogP contribution in [0.4, 0.5) is 5.69 Å². The minimum atomic E-state index is -3.89. The Balaban J connectivity index is 2.07. The molecule has 26 heavy (non-hydrogen) atoms. The highest BCUT2D eigenvalue weighted by atomic mass is 32.2. The lowest BCUT2D eigenvalue weighted by molar-refractivity contribution is -0.268. The fourth-order valence-corrected chi connectivity index (χ4v) is 3.41. The van der Waals surface area contributed by atoms with Crippen molar-refractivity contribution in [1.82, 2.24) is 0 Å². The van der Waals surface area contributed by atoms with Crippen LogP contribution in [0.3, 0.4) is 0 Å². The molecule has 3 aromatic carbocycles. The first-order chi connectivity index (χ1) is 12.5. The molecule has 0 amide bonds. The molecule has 5 nitrogen and oxygen atoms in total. The first kappa shape index (κ1) is 17.7. The minimum Gasteiger partial charge on any atom is -0.872 e. The second-order valence-corrected chi connectivity index (χ2v) is 7.30. The van der Waals surface area contributed by atoms with Gasteiger partial charge in [-0.15, -0.1) is 10.1 Å². The van der Waals surface area contributed by atoms with E-state index in [2.05, 4.69) is 9.71 Å². The summed E-state index contributed by atoms with van der Waals surface area (Å²) in [6.45, 7) is 1.78. The van der Waals surface area contributed by atoms with Crippen LogP contribution in [0.5, 0.6) is 5.75 Å². The summed E-state index contributed by atoms with van der Waals surface area (Å²) in [6.07, 6.45) is 0. The van der Waals surface area contributed by atoms with Crippen LogP contribution in [0.2, 0.25) is 0 Å². The zero-order valence-corrected chi connectivity index (χ0v) is 14.9. The molecule has 132 valence electrons. The van der Waals surface area contributed by atoms with Gasteiger partial charge in [-0.1, -0.05) is 60.7 Å². The van der Waals surface area contributed by atoms with Crippen LogP contribution in [0.1, 0.15) is 11.1 Å². The maximum absolute atomic E-state index is 12.7. The molecule has 0 aromatic heterocycles. The third kappa shape index (κ3) is 4.10. The number of rotatable bonds is 4. The number of hydrogen-bond donors (Lipinski definition) is 1. The van der Waals surface area contributed by atoms with E-state index in [0.29, 0.717) is 16.8 Å². The normalized spacial score (nSPS) is 12.0. The number of nitrogens with zero attached hydrogens (tertiary/aromatic N) is 1. The molecule has 0 aliphatic carbocycles. The van der Waals surface area contributed by atoms with E-state index in [1.807, 2.05) is 6.07 Å². The Hall–Kier alpha value is -3.12. The van der Waals surface area contributed by atoms with Crippen LogP contribution >= 0.6 is 0 Å². The van der Waals surface area contributed by atoms with Gasteiger partial charge in [-0.25, -0.2) is 0 Å². The third-order valence-electron chi connectivity index (χ3n) is 3.75. The summed E-state index contributed by atoms with van der Waals surface area (Å²) in [4.78, 5) is 0.113. The van der Waals surface area contributed by atoms with E-state index in [-0.39, 0.29) is 16.5 Å². The van der Waals surface area contributed by atoms with Crippen molar-refractivity contribution >= 4 is 21.5 Å². The summed E-state index contributed by atoms with van der Waals surface area (Å²) < 4.78 is 29.3. The van der Waals surface area contributed by atoms with E-state index in [4.69, 9.17) is 0 Å². The SMILES string of the molecule is Cc1cc([O-])ccc1NC(=NS(=O)(=O)c1ccccc1)c1ccccc1. The second-order valence-electron chi connectivity index (χ2n) is 5.70. The van der Waals surface area contributed by atoms with Gasteiger partial charge in [0.05, 0.1) is 4.90 Å². The molecule has 0 unspecified atom stereocenters. The Morgan fingerprint density at radius 1 is 0.923 bits per heavy atom. The fourth-order valence-electron chi connectivity index (χ4n) is 2.41. The van der Waals surface area contributed by atoms with Crippen molar-refractivity contribution in [3.63, 3.8) is 0 Å². The standard InChI is InChI=1S/C20H18N2O3S/c1-15-14-17(23)12-13-19(15)21-20(16-8-4-2-5-9-16)22-26(24,25)18-10-6-3-7-11-18/h2-14,23H,1H3,(H,21,22)/p-1. The van der Waals surface area contributed by atoms with Crippen molar-refractivity contribution in [3.8, 4) is 5.75 Å². The molecule has 0 heterocycles. The number of sulfonamides is 1. The number of nitrogens with one attached hydrogen (secondary N) is 1. The van der Waals surface area contributed by atoms with Crippen molar-refractivity contribution in [2.75, 3.05) is 5.32 Å². The molecule has 3 aromatic rings. The number of benzene rings is 3. The molecule has 3 rings (SSSR count). The predicted molar refractivity (Wildman–Crippen MR) is 101 cm³/mol. The summed E-state index contributed by atoms with van der Waals surface area (Å²) in [7, 11) is -3.89. The van der Waals surface area contributed by atoms with Gasteiger partial charge in [0.1, 0.15) is 0 Å². The van der Waals surface area contributed by atoms with Gasteiger partial charge in [-0.2, -0.15) is 8.42 Å². The molecule has 0 saturated heterocycles. The third-order valence-corrected chi connectivity index (χ3v) is 5.04. The summed E-state index contributed by atoms with van der Waals surface area (Å²) in [5.74, 6) is 0.0827. The molecule has 0 spiro atoms. The van der Waals surface area contributed by atoms with Crippen LogP contribution in [0.25, 0.3) is 0 Å². The molecule has 0 atom stereocenters. The fraction of sp³-hybridized carbons (Fsp3) is 0.0500. The van der Waals surface area contributed by atoms with E-state index < -0.39 is 10.0 Å². The van der Waals surface area contributed by atoms with Crippen LogP contribution in [-0.2, 0) is 10.0 Å². The molecule has 0 radical (unpaired) electrons. The maximum Gasteiger partial charge on any atom is 0.284 e. The van der Waals surface area contributed by atoms with Crippen molar-refractivity contribution < 1.29 is 13.5 Å². The van der Waals surface area contributed by atoms with Gasteiger partial charge in [-0.05, 0) is 30.7 Å².